The molecule has 3 radical (unpaired) electrons. The van der Waals surface area contributed by atoms with E-state index in [2.05, 4.69) is 9.88 Å². The molecule has 0 aromatic carbocycles. The number of aromatic nitrogens is 1. The number of pyridine rings is 1. The van der Waals surface area contributed by atoms with Crippen molar-refractivity contribution in [3.05, 3.63) is 33.7 Å². The van der Waals surface area contributed by atoms with E-state index in [0.29, 0.717) is 0 Å². The number of rotatable bonds is 1. The van der Waals surface area contributed by atoms with Gasteiger partial charge in [-0.25, -0.2) is 0 Å². The number of H-pyrrole nitrogens is 1. The molecule has 3 nitrogen and oxygen atoms in total. The molecule has 0 spiro atoms. The molecule has 0 aliphatic carbocycles. The Labute approximate surface area is 92.8 Å². The molecule has 1 aromatic rings. The van der Waals surface area contributed by atoms with E-state index in [0.717, 1.165) is 34.9 Å². The summed E-state index contributed by atoms with van der Waals surface area (Å²) >= 11 is 1.18. The molecule has 0 saturated heterocycles. The molecule has 1 aromatic heterocycles. The molecule has 67 valence electrons. The fourth-order valence-corrected chi connectivity index (χ4v) is 2.71. The third-order valence-electron chi connectivity index (χ3n) is 2.44. The monoisotopic (exact) mass is 371 g/mol. The van der Waals surface area contributed by atoms with Crippen molar-refractivity contribution in [2.75, 3.05) is 10.6 Å². The number of aromatic amines is 1. The zero-order valence-corrected chi connectivity index (χ0v) is 11.2. The van der Waals surface area contributed by atoms with Crippen LogP contribution in [0, 0.1) is 0 Å². The minimum absolute atomic E-state index is 0.188. The summed E-state index contributed by atoms with van der Waals surface area (Å²) in [4.78, 5) is 17.0. The van der Waals surface area contributed by atoms with E-state index < -0.39 is 0 Å². The summed E-state index contributed by atoms with van der Waals surface area (Å²) in [6.45, 7) is 1.94. The second-order valence-corrected chi connectivity index (χ2v) is 4.49. The van der Waals surface area contributed by atoms with Crippen LogP contribution in [0.5, 0.6) is 0 Å². The molecular weight excluding hydrogens is 359 g/mol. The Balaban J connectivity index is 2.38. The first kappa shape index (κ1) is 9.39. The van der Waals surface area contributed by atoms with E-state index in [-0.39, 0.29) is 5.43 Å². The van der Waals surface area contributed by atoms with Gasteiger partial charge in [-0.05, 0) is 0 Å². The SMILES string of the molecule is O=c1cc[nH]c2c1CN([CH2][Pb])CC2. The van der Waals surface area contributed by atoms with Gasteiger partial charge in [0.2, 0.25) is 0 Å². The van der Waals surface area contributed by atoms with Crippen LogP contribution in [0.3, 0.4) is 0 Å². The Kier molecular flexibility index (Phi) is 2.83. The first-order valence-electron chi connectivity index (χ1n) is 4.37. The second kappa shape index (κ2) is 3.91. The van der Waals surface area contributed by atoms with E-state index in [1.165, 1.54) is 25.8 Å². The summed E-state index contributed by atoms with van der Waals surface area (Å²) < 4.78 is 1.16. The standard InChI is InChI=1S/C9H11N2O.Pb/c1-11-5-3-8-7(6-11)9(12)2-4-10-8;/h2,4H,1,3,5-6H2,(H,10,12);. The van der Waals surface area contributed by atoms with Crippen molar-refractivity contribution in [3.8, 4) is 0 Å². The molecule has 13 heavy (non-hydrogen) atoms. The Morgan fingerprint density at radius 1 is 1.62 bits per heavy atom. The average molecular weight is 370 g/mol. The third-order valence-corrected chi connectivity index (χ3v) is 4.18. The van der Waals surface area contributed by atoms with Crippen molar-refractivity contribution < 1.29 is 0 Å². The van der Waals surface area contributed by atoms with Crippen LogP contribution in [0.4, 0.5) is 0 Å². The fraction of sp³-hybridized carbons (Fsp3) is 0.444. The van der Waals surface area contributed by atoms with Gasteiger partial charge in [0, 0.05) is 0 Å². The van der Waals surface area contributed by atoms with Crippen LogP contribution in [0.25, 0.3) is 0 Å². The molecule has 0 bridgehead atoms. The van der Waals surface area contributed by atoms with Crippen LogP contribution in [0.1, 0.15) is 11.3 Å². The van der Waals surface area contributed by atoms with Crippen LogP contribution in [0.15, 0.2) is 17.1 Å². The van der Waals surface area contributed by atoms with E-state index in [4.69, 9.17) is 0 Å². The molecule has 4 heteroatoms. The van der Waals surface area contributed by atoms with Gasteiger partial charge in [0.05, 0.1) is 0 Å². The number of nitrogens with zero attached hydrogens (tertiary/aromatic N) is 1. The van der Waals surface area contributed by atoms with Crippen molar-refractivity contribution >= 4 is 25.8 Å². The predicted octanol–water partition coefficient (Wildman–Crippen LogP) is -0.141. The molecule has 2 heterocycles. The van der Waals surface area contributed by atoms with E-state index in [1.807, 2.05) is 0 Å². The summed E-state index contributed by atoms with van der Waals surface area (Å²) in [5, 5.41) is 0. The van der Waals surface area contributed by atoms with Crippen LogP contribution in [0.2, 0.25) is 0 Å². The third kappa shape index (κ3) is 1.85. The molecule has 0 fully saturated rings. The van der Waals surface area contributed by atoms with Gasteiger partial charge < -0.3 is 0 Å². The van der Waals surface area contributed by atoms with Crippen molar-refractivity contribution in [2.45, 2.75) is 13.0 Å². The van der Waals surface area contributed by atoms with Crippen LogP contribution < -0.4 is 5.43 Å². The number of hydrogen-bond donors (Lipinski definition) is 1. The Morgan fingerprint density at radius 3 is 3.23 bits per heavy atom. The Hall–Kier alpha value is -0.168. The fourth-order valence-electron chi connectivity index (χ4n) is 1.66. The van der Waals surface area contributed by atoms with Gasteiger partial charge in [-0.15, -0.1) is 0 Å². The molecule has 0 saturated carbocycles. The molecule has 1 aliphatic rings. The zero-order valence-electron chi connectivity index (χ0n) is 7.34. The summed E-state index contributed by atoms with van der Waals surface area (Å²) in [6.07, 6.45) is 2.74. The average Bonchev–Trinajstić information content (AvgIpc) is 2.18. The van der Waals surface area contributed by atoms with E-state index >= 15 is 0 Å². The number of nitrogens with one attached hydrogen (secondary N) is 1. The topological polar surface area (TPSA) is 36.1 Å². The van der Waals surface area contributed by atoms with Crippen LogP contribution >= 0.6 is 0 Å². The van der Waals surface area contributed by atoms with Gasteiger partial charge in [0.1, 0.15) is 0 Å². The van der Waals surface area contributed by atoms with Crippen LogP contribution in [-0.2, 0) is 13.0 Å². The van der Waals surface area contributed by atoms with Gasteiger partial charge in [-0.2, -0.15) is 0 Å². The van der Waals surface area contributed by atoms with Gasteiger partial charge >= 0.3 is 93.0 Å². The summed E-state index contributed by atoms with van der Waals surface area (Å²) in [6, 6.07) is 1.62. The van der Waals surface area contributed by atoms with Gasteiger partial charge in [-0.3, -0.25) is 0 Å². The summed E-state index contributed by atoms with van der Waals surface area (Å²) in [5.41, 5.74) is 2.30. The molecular formula is C9H11N2OPb. The van der Waals surface area contributed by atoms with Crippen molar-refractivity contribution in [3.63, 3.8) is 0 Å². The van der Waals surface area contributed by atoms with Gasteiger partial charge in [-0.1, -0.05) is 0 Å². The van der Waals surface area contributed by atoms with Crippen molar-refractivity contribution in [1.29, 1.82) is 0 Å². The molecule has 0 atom stereocenters. The minimum atomic E-state index is 0.188. The normalized spacial score (nSPS) is 17.0. The van der Waals surface area contributed by atoms with Gasteiger partial charge in [0.25, 0.3) is 0 Å². The van der Waals surface area contributed by atoms with Crippen molar-refractivity contribution in [1.82, 2.24) is 9.88 Å². The van der Waals surface area contributed by atoms with Gasteiger partial charge in [0.15, 0.2) is 0 Å². The maximum atomic E-state index is 11.5. The molecule has 0 unspecified atom stereocenters. The predicted molar refractivity (Wildman–Crippen MR) is 51.8 cm³/mol. The van der Waals surface area contributed by atoms with E-state index in [9.17, 15) is 4.79 Å². The number of hydrogen-bond acceptors (Lipinski definition) is 2. The molecule has 0 amide bonds. The quantitative estimate of drug-likeness (QED) is 0.699. The maximum absolute atomic E-state index is 11.5. The van der Waals surface area contributed by atoms with Crippen molar-refractivity contribution in [2.24, 2.45) is 0 Å². The molecule has 1 aliphatic heterocycles. The first-order valence-corrected chi connectivity index (χ1v) is 7.12. The number of fused-ring (bicyclic) bond motifs is 1. The van der Waals surface area contributed by atoms with Crippen LogP contribution in [-0.4, -0.2) is 46.3 Å². The first-order chi connectivity index (χ1) is 6.31. The summed E-state index contributed by atoms with van der Waals surface area (Å²) in [5.74, 6) is 0. The van der Waals surface area contributed by atoms with E-state index in [1.54, 1.807) is 12.3 Å². The Bertz CT molecular complexity index is 361. The second-order valence-electron chi connectivity index (χ2n) is 3.26. The summed E-state index contributed by atoms with van der Waals surface area (Å²) in [7, 11) is 0. The molecule has 1 N–H and O–H groups in total. The zero-order chi connectivity index (χ0) is 9.26. The Morgan fingerprint density at radius 2 is 2.46 bits per heavy atom. The molecule has 2 rings (SSSR count).